The van der Waals surface area contributed by atoms with Crippen LogP contribution in [0.3, 0.4) is 0 Å². The average molecular weight is 394 g/mol. The molecule has 0 aromatic rings. The minimum absolute atomic E-state index is 0.00552. The van der Waals surface area contributed by atoms with Crippen LogP contribution < -0.4 is 16.2 Å². The maximum absolute atomic E-state index is 13.0. The lowest BCUT2D eigenvalue weighted by molar-refractivity contribution is -0.143. The summed E-state index contributed by atoms with van der Waals surface area (Å²) in [7, 11) is 0. The Morgan fingerprint density at radius 2 is 1.71 bits per heavy atom. The summed E-state index contributed by atoms with van der Waals surface area (Å²) < 4.78 is 5.46. The van der Waals surface area contributed by atoms with Gasteiger partial charge in [-0.25, -0.2) is 4.79 Å². The van der Waals surface area contributed by atoms with Gasteiger partial charge in [-0.05, 0) is 52.4 Å². The average Bonchev–Trinajstić information content (AvgIpc) is 3.33. The zero-order chi connectivity index (χ0) is 20.5. The van der Waals surface area contributed by atoms with Crippen molar-refractivity contribution in [3.63, 3.8) is 0 Å². The van der Waals surface area contributed by atoms with Gasteiger partial charge in [-0.2, -0.15) is 0 Å². The molecule has 1 aliphatic heterocycles. The molecule has 156 valence electrons. The van der Waals surface area contributed by atoms with Gasteiger partial charge in [0.2, 0.25) is 5.91 Å². The number of carbonyl (C=O) groups excluding carboxylic acids is 4. The molecule has 0 unspecified atom stereocenters. The molecular weight excluding hydrogens is 364 g/mol. The second-order valence-corrected chi connectivity index (χ2v) is 9.12. The third kappa shape index (κ3) is 4.56. The highest BCUT2D eigenvalue weighted by molar-refractivity contribution is 6.35. The van der Waals surface area contributed by atoms with Gasteiger partial charge < -0.3 is 15.0 Å². The van der Waals surface area contributed by atoms with Gasteiger partial charge in [0, 0.05) is 19.1 Å². The van der Waals surface area contributed by atoms with E-state index < -0.39 is 28.9 Å². The summed E-state index contributed by atoms with van der Waals surface area (Å²) in [6.45, 7) is 6.12. The van der Waals surface area contributed by atoms with Gasteiger partial charge in [-0.15, -0.1) is 0 Å². The van der Waals surface area contributed by atoms with E-state index in [4.69, 9.17) is 4.74 Å². The Morgan fingerprint density at radius 1 is 1.00 bits per heavy atom. The van der Waals surface area contributed by atoms with E-state index in [0.29, 0.717) is 13.0 Å². The molecule has 2 aliphatic carbocycles. The first-order valence-electron chi connectivity index (χ1n) is 10.00. The molecule has 0 aromatic heterocycles. The summed E-state index contributed by atoms with van der Waals surface area (Å²) in [6.07, 6.45) is 4.66. The molecule has 3 fully saturated rings. The highest BCUT2D eigenvalue weighted by Crippen LogP contribution is 2.47. The number of ether oxygens (including phenoxy) is 1. The number of rotatable bonds is 2. The van der Waals surface area contributed by atoms with Crippen molar-refractivity contribution in [2.45, 2.75) is 70.9 Å². The van der Waals surface area contributed by atoms with Crippen LogP contribution in [-0.4, -0.2) is 53.4 Å². The van der Waals surface area contributed by atoms with Crippen LogP contribution in [0, 0.1) is 11.3 Å². The monoisotopic (exact) mass is 394 g/mol. The SMILES string of the molecule is CC(C)(C)OC(=O)N1C[C@@H]2CCCC[C@@]2(C(=O)NNC(=O)C(=O)NC2CC2)C1. The highest BCUT2D eigenvalue weighted by Gasteiger charge is 2.54. The summed E-state index contributed by atoms with van der Waals surface area (Å²) in [4.78, 5) is 50.7. The molecule has 2 atom stereocenters. The second kappa shape index (κ2) is 7.60. The van der Waals surface area contributed by atoms with Crippen molar-refractivity contribution in [1.29, 1.82) is 0 Å². The number of likely N-dealkylation sites (tertiary alicyclic amines) is 1. The summed E-state index contributed by atoms with van der Waals surface area (Å²) in [5.74, 6) is -1.98. The smallest absolute Gasteiger partial charge is 0.410 e. The first-order chi connectivity index (χ1) is 13.1. The molecule has 1 saturated heterocycles. The number of fused-ring (bicyclic) bond motifs is 1. The van der Waals surface area contributed by atoms with Crippen LogP contribution >= 0.6 is 0 Å². The van der Waals surface area contributed by atoms with E-state index in [0.717, 1.165) is 32.1 Å². The van der Waals surface area contributed by atoms with Crippen molar-refractivity contribution >= 4 is 23.8 Å². The van der Waals surface area contributed by atoms with Gasteiger partial charge in [0.1, 0.15) is 5.60 Å². The molecule has 9 nitrogen and oxygen atoms in total. The van der Waals surface area contributed by atoms with E-state index >= 15 is 0 Å². The molecule has 3 N–H and O–H groups in total. The van der Waals surface area contributed by atoms with Crippen LogP contribution in [0.25, 0.3) is 0 Å². The minimum atomic E-state index is -0.883. The van der Waals surface area contributed by atoms with Gasteiger partial charge in [-0.1, -0.05) is 12.8 Å². The maximum Gasteiger partial charge on any atom is 0.410 e. The molecule has 0 aromatic carbocycles. The third-order valence-electron chi connectivity index (χ3n) is 5.63. The molecule has 3 rings (SSSR count). The first kappa shape index (κ1) is 20.4. The zero-order valence-corrected chi connectivity index (χ0v) is 16.8. The van der Waals surface area contributed by atoms with Gasteiger partial charge in [-0.3, -0.25) is 25.2 Å². The van der Waals surface area contributed by atoms with Gasteiger partial charge in [0.05, 0.1) is 5.41 Å². The summed E-state index contributed by atoms with van der Waals surface area (Å²) in [6, 6.07) is 0.0625. The normalized spacial score (nSPS) is 26.8. The van der Waals surface area contributed by atoms with Gasteiger partial charge >= 0.3 is 17.9 Å². The Hall–Kier alpha value is -2.32. The molecule has 1 heterocycles. The van der Waals surface area contributed by atoms with Gasteiger partial charge in [0.25, 0.3) is 0 Å². The van der Waals surface area contributed by atoms with Crippen LogP contribution in [0.15, 0.2) is 0 Å². The number of carbonyl (C=O) groups is 4. The second-order valence-electron chi connectivity index (χ2n) is 9.12. The molecule has 9 heteroatoms. The number of nitrogens with zero attached hydrogens (tertiary/aromatic N) is 1. The van der Waals surface area contributed by atoms with E-state index in [1.54, 1.807) is 25.7 Å². The van der Waals surface area contributed by atoms with E-state index in [1.807, 2.05) is 0 Å². The number of nitrogens with one attached hydrogen (secondary N) is 3. The van der Waals surface area contributed by atoms with E-state index in [2.05, 4.69) is 16.2 Å². The van der Waals surface area contributed by atoms with Crippen LogP contribution in [0.4, 0.5) is 4.79 Å². The molecule has 3 aliphatic rings. The lowest BCUT2D eigenvalue weighted by Gasteiger charge is -2.36. The Kier molecular flexibility index (Phi) is 5.54. The molecular formula is C19H30N4O5. The van der Waals surface area contributed by atoms with E-state index in [9.17, 15) is 19.2 Å². The van der Waals surface area contributed by atoms with Crippen LogP contribution in [-0.2, 0) is 19.1 Å². The number of hydrogen-bond acceptors (Lipinski definition) is 5. The van der Waals surface area contributed by atoms with Crippen LogP contribution in [0.5, 0.6) is 0 Å². The summed E-state index contributed by atoms with van der Waals surface area (Å²) in [5, 5.41) is 2.57. The van der Waals surface area contributed by atoms with Crippen molar-refractivity contribution in [3.05, 3.63) is 0 Å². The topological polar surface area (TPSA) is 117 Å². The fourth-order valence-corrected chi connectivity index (χ4v) is 4.07. The first-order valence-corrected chi connectivity index (χ1v) is 10.00. The van der Waals surface area contributed by atoms with Crippen LogP contribution in [0.1, 0.15) is 59.3 Å². The van der Waals surface area contributed by atoms with E-state index in [-0.39, 0.29) is 24.4 Å². The fourth-order valence-electron chi connectivity index (χ4n) is 4.07. The Labute approximate surface area is 164 Å². The van der Waals surface area contributed by atoms with Crippen molar-refractivity contribution in [1.82, 2.24) is 21.1 Å². The molecule has 2 saturated carbocycles. The van der Waals surface area contributed by atoms with Crippen molar-refractivity contribution in [2.75, 3.05) is 13.1 Å². The van der Waals surface area contributed by atoms with Crippen molar-refractivity contribution in [2.24, 2.45) is 11.3 Å². The number of amides is 4. The predicted molar refractivity (Wildman–Crippen MR) is 99.6 cm³/mol. The van der Waals surface area contributed by atoms with Crippen molar-refractivity contribution < 1.29 is 23.9 Å². The maximum atomic E-state index is 13.0. The summed E-state index contributed by atoms with van der Waals surface area (Å²) in [5.41, 5.74) is 3.26. The Balaban J connectivity index is 1.61. The molecule has 0 bridgehead atoms. The van der Waals surface area contributed by atoms with E-state index in [1.165, 1.54) is 0 Å². The highest BCUT2D eigenvalue weighted by atomic mass is 16.6. The number of hydrogen-bond donors (Lipinski definition) is 3. The quantitative estimate of drug-likeness (QED) is 0.474. The Bertz CT molecular complexity index is 670. The van der Waals surface area contributed by atoms with Crippen molar-refractivity contribution in [3.8, 4) is 0 Å². The fraction of sp³-hybridized carbons (Fsp3) is 0.789. The molecule has 4 amide bonds. The lowest BCUT2D eigenvalue weighted by atomic mass is 9.68. The lowest BCUT2D eigenvalue weighted by Crippen LogP contribution is -2.56. The molecule has 0 radical (unpaired) electrons. The molecule has 0 spiro atoms. The Morgan fingerprint density at radius 3 is 2.36 bits per heavy atom. The number of hydrazine groups is 1. The third-order valence-corrected chi connectivity index (χ3v) is 5.63. The zero-order valence-electron chi connectivity index (χ0n) is 16.8. The largest absolute Gasteiger partial charge is 0.444 e. The standard InChI is InChI=1S/C19H30N4O5/c1-18(2,3)28-17(27)23-10-12-6-4-5-9-19(12,11-23)16(26)22-21-15(25)14(24)20-13-7-8-13/h12-13H,4-11H2,1-3H3,(H,20,24)(H,21,25)(H,22,26)/t12-,19+/m0/s1. The van der Waals surface area contributed by atoms with Crippen LogP contribution in [0.2, 0.25) is 0 Å². The van der Waals surface area contributed by atoms with Gasteiger partial charge in [0.15, 0.2) is 0 Å². The predicted octanol–water partition coefficient (Wildman–Crippen LogP) is 0.840. The summed E-state index contributed by atoms with van der Waals surface area (Å²) >= 11 is 0. The molecule has 28 heavy (non-hydrogen) atoms. The minimum Gasteiger partial charge on any atom is -0.444 e.